The molecule has 1 aliphatic heterocycles. The fourth-order valence-electron chi connectivity index (χ4n) is 4.25. The highest BCUT2D eigenvalue weighted by molar-refractivity contribution is 6.31. The van der Waals surface area contributed by atoms with Gasteiger partial charge in [-0.05, 0) is 47.4 Å². The van der Waals surface area contributed by atoms with Gasteiger partial charge in [-0.3, -0.25) is 9.79 Å². The second kappa shape index (κ2) is 5.40. The van der Waals surface area contributed by atoms with E-state index in [2.05, 4.69) is 0 Å². The number of benzene rings is 3. The summed E-state index contributed by atoms with van der Waals surface area (Å²) in [6.07, 6.45) is 0.614. The Morgan fingerprint density at radius 1 is 0.962 bits per heavy atom. The Labute approximate surface area is 152 Å². The van der Waals surface area contributed by atoms with Crippen LogP contribution in [0.1, 0.15) is 27.0 Å². The summed E-state index contributed by atoms with van der Waals surface area (Å²) in [5, 5.41) is 0. The largest absolute Gasteiger partial charge is 0.497 e. The zero-order valence-electron chi connectivity index (χ0n) is 14.4. The third kappa shape index (κ3) is 1.88. The Kier molecular flexibility index (Phi) is 3.13. The first kappa shape index (κ1) is 15.1. The fraction of sp³-hybridized carbons (Fsp3) is 0.130. The topological polar surface area (TPSA) is 38.7 Å². The van der Waals surface area contributed by atoms with E-state index < -0.39 is 5.41 Å². The standard InChI is InChI=1S/C23H17NO2/c1-26-17-11-12-18-16(13-17)14-23(22(18)25)19-9-5-6-10-20(19)24-21(23)15-7-3-2-4-8-15/h2-13H,14H2,1H3/t23-/m0/s1. The van der Waals surface area contributed by atoms with E-state index in [4.69, 9.17) is 9.73 Å². The van der Waals surface area contributed by atoms with Gasteiger partial charge in [0.15, 0.2) is 5.78 Å². The van der Waals surface area contributed by atoms with Crippen LogP contribution in [0.25, 0.3) is 0 Å². The van der Waals surface area contributed by atoms with Gasteiger partial charge < -0.3 is 4.74 Å². The lowest BCUT2D eigenvalue weighted by Gasteiger charge is -2.25. The summed E-state index contributed by atoms with van der Waals surface area (Å²) in [7, 11) is 1.65. The maximum Gasteiger partial charge on any atom is 0.180 e. The van der Waals surface area contributed by atoms with Crippen molar-refractivity contribution in [3.8, 4) is 5.75 Å². The molecule has 1 aliphatic carbocycles. The smallest absolute Gasteiger partial charge is 0.180 e. The van der Waals surface area contributed by atoms with Crippen LogP contribution in [0.2, 0.25) is 0 Å². The van der Waals surface area contributed by atoms with Gasteiger partial charge in [0.25, 0.3) is 0 Å². The van der Waals surface area contributed by atoms with Crippen molar-refractivity contribution in [3.63, 3.8) is 0 Å². The number of ketones is 1. The second-order valence-electron chi connectivity index (χ2n) is 6.78. The van der Waals surface area contributed by atoms with Crippen LogP contribution in [0.15, 0.2) is 77.8 Å². The molecule has 0 radical (unpaired) electrons. The quantitative estimate of drug-likeness (QED) is 0.689. The van der Waals surface area contributed by atoms with Crippen molar-refractivity contribution < 1.29 is 9.53 Å². The Bertz CT molecular complexity index is 1070. The average Bonchev–Trinajstić information content (AvgIpc) is 3.18. The minimum atomic E-state index is -0.743. The first-order valence-electron chi connectivity index (χ1n) is 8.70. The second-order valence-corrected chi connectivity index (χ2v) is 6.78. The number of para-hydroxylation sites is 1. The molecule has 5 rings (SSSR count). The molecule has 0 aromatic heterocycles. The Hall–Kier alpha value is -3.20. The number of hydrogen-bond acceptors (Lipinski definition) is 3. The average molecular weight is 339 g/mol. The Morgan fingerprint density at radius 3 is 2.54 bits per heavy atom. The number of methoxy groups -OCH3 is 1. The van der Waals surface area contributed by atoms with Gasteiger partial charge in [0.2, 0.25) is 0 Å². The normalized spacial score (nSPS) is 20.0. The first-order chi connectivity index (χ1) is 12.7. The third-order valence-corrected chi connectivity index (χ3v) is 5.45. The number of carbonyl (C=O) groups is 1. The Balaban J connectivity index is 1.76. The van der Waals surface area contributed by atoms with E-state index in [1.54, 1.807) is 7.11 Å². The van der Waals surface area contributed by atoms with E-state index in [-0.39, 0.29) is 5.78 Å². The van der Waals surface area contributed by atoms with Crippen LogP contribution in [0.4, 0.5) is 5.69 Å². The molecule has 0 fully saturated rings. The lowest BCUT2D eigenvalue weighted by Crippen LogP contribution is -2.40. The van der Waals surface area contributed by atoms with Crippen LogP contribution < -0.4 is 4.74 Å². The molecular formula is C23H17NO2. The number of aliphatic imine (C=N–C) groups is 1. The van der Waals surface area contributed by atoms with Crippen molar-refractivity contribution in [1.29, 1.82) is 0 Å². The molecule has 3 aromatic rings. The highest BCUT2D eigenvalue weighted by atomic mass is 16.5. The van der Waals surface area contributed by atoms with E-state index in [1.165, 1.54) is 0 Å². The summed E-state index contributed by atoms with van der Waals surface area (Å²) >= 11 is 0. The molecule has 0 bridgehead atoms. The highest BCUT2D eigenvalue weighted by Gasteiger charge is 2.54. The van der Waals surface area contributed by atoms with E-state index in [1.807, 2.05) is 72.8 Å². The molecule has 0 saturated heterocycles. The molecule has 1 spiro atoms. The molecule has 3 aromatic carbocycles. The van der Waals surface area contributed by atoms with Crippen LogP contribution in [-0.2, 0) is 11.8 Å². The molecule has 2 aliphatic rings. The van der Waals surface area contributed by atoms with Crippen molar-refractivity contribution in [3.05, 3.63) is 95.1 Å². The minimum absolute atomic E-state index is 0.128. The third-order valence-electron chi connectivity index (χ3n) is 5.45. The maximum atomic E-state index is 13.6. The van der Waals surface area contributed by atoms with Crippen LogP contribution >= 0.6 is 0 Å². The van der Waals surface area contributed by atoms with Gasteiger partial charge in [-0.15, -0.1) is 0 Å². The van der Waals surface area contributed by atoms with Crippen molar-refractivity contribution in [2.24, 2.45) is 4.99 Å². The number of fused-ring (bicyclic) bond motifs is 3. The first-order valence-corrected chi connectivity index (χ1v) is 8.70. The highest BCUT2D eigenvalue weighted by Crippen LogP contribution is 2.50. The van der Waals surface area contributed by atoms with Gasteiger partial charge in [-0.25, -0.2) is 0 Å². The van der Waals surface area contributed by atoms with E-state index in [0.717, 1.165) is 39.4 Å². The number of Topliss-reactive ketones (excluding diaryl/α,β-unsaturated/α-hetero) is 1. The summed E-state index contributed by atoms with van der Waals surface area (Å²) in [6.45, 7) is 0. The summed E-state index contributed by atoms with van der Waals surface area (Å²) in [4.78, 5) is 18.5. The number of nitrogens with zero attached hydrogens (tertiary/aromatic N) is 1. The van der Waals surface area contributed by atoms with E-state index in [0.29, 0.717) is 6.42 Å². The molecule has 0 saturated carbocycles. The van der Waals surface area contributed by atoms with Crippen LogP contribution in [0.5, 0.6) is 5.75 Å². The monoisotopic (exact) mass is 339 g/mol. The molecule has 0 amide bonds. The molecule has 26 heavy (non-hydrogen) atoms. The molecule has 0 N–H and O–H groups in total. The predicted octanol–water partition coefficient (Wildman–Crippen LogP) is 4.51. The van der Waals surface area contributed by atoms with Crippen LogP contribution in [-0.4, -0.2) is 18.6 Å². The minimum Gasteiger partial charge on any atom is -0.497 e. The van der Waals surface area contributed by atoms with Crippen molar-refractivity contribution in [1.82, 2.24) is 0 Å². The summed E-state index contributed by atoms with van der Waals surface area (Å²) in [5.74, 6) is 0.904. The van der Waals surface area contributed by atoms with E-state index >= 15 is 0 Å². The number of rotatable bonds is 2. The molecule has 0 unspecified atom stereocenters. The molecule has 3 heteroatoms. The van der Waals surface area contributed by atoms with Gasteiger partial charge in [-0.1, -0.05) is 48.5 Å². The van der Waals surface area contributed by atoms with Gasteiger partial charge in [0, 0.05) is 5.56 Å². The van der Waals surface area contributed by atoms with Crippen LogP contribution in [0, 0.1) is 0 Å². The number of hydrogen-bond donors (Lipinski definition) is 0. The molecule has 126 valence electrons. The zero-order valence-corrected chi connectivity index (χ0v) is 14.4. The number of carbonyl (C=O) groups excluding carboxylic acids is 1. The van der Waals surface area contributed by atoms with Gasteiger partial charge in [-0.2, -0.15) is 0 Å². The molecular weight excluding hydrogens is 322 g/mol. The SMILES string of the molecule is COc1ccc2c(c1)C[C@@]1(C2=O)C(c2ccccc2)=Nc2ccccc21. The Morgan fingerprint density at radius 2 is 1.73 bits per heavy atom. The van der Waals surface area contributed by atoms with Gasteiger partial charge >= 0.3 is 0 Å². The molecule has 1 atom stereocenters. The maximum absolute atomic E-state index is 13.6. The lowest BCUT2D eigenvalue weighted by molar-refractivity contribution is 0.0947. The summed E-state index contributed by atoms with van der Waals surface area (Å²) in [6, 6.07) is 23.7. The zero-order chi connectivity index (χ0) is 17.7. The lowest BCUT2D eigenvalue weighted by atomic mass is 9.72. The van der Waals surface area contributed by atoms with Crippen molar-refractivity contribution >= 4 is 17.2 Å². The predicted molar refractivity (Wildman–Crippen MR) is 102 cm³/mol. The number of ether oxygens (including phenoxy) is 1. The van der Waals surface area contributed by atoms with Crippen molar-refractivity contribution in [2.45, 2.75) is 11.8 Å². The summed E-state index contributed by atoms with van der Waals surface area (Å²) < 4.78 is 5.37. The molecule has 3 nitrogen and oxygen atoms in total. The van der Waals surface area contributed by atoms with Crippen molar-refractivity contribution in [2.75, 3.05) is 7.11 Å². The van der Waals surface area contributed by atoms with Crippen LogP contribution in [0.3, 0.4) is 0 Å². The van der Waals surface area contributed by atoms with Gasteiger partial charge in [0.05, 0.1) is 18.5 Å². The van der Waals surface area contributed by atoms with Gasteiger partial charge in [0.1, 0.15) is 11.2 Å². The summed E-state index contributed by atoms with van der Waals surface area (Å²) in [5.41, 5.74) is 4.78. The fourth-order valence-corrected chi connectivity index (χ4v) is 4.25. The van der Waals surface area contributed by atoms with E-state index in [9.17, 15) is 4.79 Å². The molecule has 1 heterocycles.